The molecule has 0 aliphatic rings. The van der Waals surface area contributed by atoms with E-state index in [-0.39, 0.29) is 0 Å². The van der Waals surface area contributed by atoms with Gasteiger partial charge in [0, 0.05) is 11.4 Å². The minimum Gasteiger partial charge on any atom is -0.313 e. The summed E-state index contributed by atoms with van der Waals surface area (Å²) in [5.74, 6) is 1.26. The Morgan fingerprint density at radius 2 is 1.75 bits per heavy atom. The molecule has 0 bridgehead atoms. The monoisotopic (exact) mass is 293 g/mol. The number of benzene rings is 1. The molecule has 0 aliphatic heterocycles. The van der Waals surface area contributed by atoms with Crippen molar-refractivity contribution in [1.29, 1.82) is 0 Å². The summed E-state index contributed by atoms with van der Waals surface area (Å²) in [5, 5.41) is 3.47. The third-order valence-electron chi connectivity index (χ3n) is 3.42. The average Bonchev–Trinajstić information content (AvgIpc) is 2.47. The maximum absolute atomic E-state index is 3.47. The average molecular weight is 294 g/mol. The van der Waals surface area contributed by atoms with Crippen LogP contribution in [0.25, 0.3) is 0 Å². The van der Waals surface area contributed by atoms with Crippen molar-refractivity contribution < 1.29 is 0 Å². The van der Waals surface area contributed by atoms with Gasteiger partial charge in [0.05, 0.1) is 0 Å². The molecule has 0 spiro atoms. The Morgan fingerprint density at radius 3 is 2.55 bits per heavy atom. The van der Waals surface area contributed by atoms with Crippen molar-refractivity contribution in [3.63, 3.8) is 0 Å². The van der Waals surface area contributed by atoms with Crippen LogP contribution in [0.4, 0.5) is 0 Å². The molecule has 0 heterocycles. The first-order chi connectivity index (χ1) is 9.86. The minimum atomic E-state index is 0.999. The number of rotatable bonds is 12. The van der Waals surface area contributed by atoms with Gasteiger partial charge < -0.3 is 5.32 Å². The van der Waals surface area contributed by atoms with Crippen molar-refractivity contribution in [2.75, 3.05) is 12.3 Å². The van der Waals surface area contributed by atoms with Crippen LogP contribution >= 0.6 is 11.8 Å². The van der Waals surface area contributed by atoms with Crippen LogP contribution in [0.15, 0.2) is 29.2 Å². The smallest absolute Gasteiger partial charge is 0.0205 e. The van der Waals surface area contributed by atoms with Crippen LogP contribution in [0, 0.1) is 0 Å². The van der Waals surface area contributed by atoms with Crippen LogP contribution in [0.5, 0.6) is 0 Å². The lowest BCUT2D eigenvalue weighted by atomic mass is 10.1. The number of hydrogen-bond donors (Lipinski definition) is 1. The first kappa shape index (κ1) is 17.6. The molecule has 0 saturated heterocycles. The molecular formula is C18H31NS. The van der Waals surface area contributed by atoms with Crippen LogP contribution in [0.3, 0.4) is 0 Å². The normalized spacial score (nSPS) is 10.9. The Kier molecular flexibility index (Phi) is 10.8. The van der Waals surface area contributed by atoms with Crippen molar-refractivity contribution in [1.82, 2.24) is 5.32 Å². The number of hydrogen-bond acceptors (Lipinski definition) is 2. The number of thioether (sulfide) groups is 1. The molecule has 0 fully saturated rings. The van der Waals surface area contributed by atoms with Crippen LogP contribution in [-0.4, -0.2) is 12.3 Å². The second kappa shape index (κ2) is 12.3. The van der Waals surface area contributed by atoms with Gasteiger partial charge in [0.25, 0.3) is 0 Å². The largest absolute Gasteiger partial charge is 0.313 e. The Morgan fingerprint density at radius 1 is 0.950 bits per heavy atom. The summed E-state index contributed by atoms with van der Waals surface area (Å²) >= 11 is 2.01. The van der Waals surface area contributed by atoms with Gasteiger partial charge in [0.1, 0.15) is 0 Å². The van der Waals surface area contributed by atoms with Crippen molar-refractivity contribution >= 4 is 11.8 Å². The molecule has 1 N–H and O–H groups in total. The highest BCUT2D eigenvalue weighted by atomic mass is 32.2. The first-order valence-electron chi connectivity index (χ1n) is 8.29. The highest BCUT2D eigenvalue weighted by molar-refractivity contribution is 7.99. The predicted octanol–water partition coefficient (Wildman–Crippen LogP) is 5.64. The molecular weight excluding hydrogens is 262 g/mol. The van der Waals surface area contributed by atoms with E-state index in [1.807, 2.05) is 11.8 Å². The highest BCUT2D eigenvalue weighted by Gasteiger charge is 1.97. The lowest BCUT2D eigenvalue weighted by Crippen LogP contribution is -2.13. The Labute approximate surface area is 129 Å². The summed E-state index contributed by atoms with van der Waals surface area (Å²) in [6.07, 6.45) is 9.52. The van der Waals surface area contributed by atoms with E-state index in [9.17, 15) is 0 Å². The molecule has 0 aromatic heterocycles. The highest BCUT2D eigenvalue weighted by Crippen LogP contribution is 2.21. The van der Waals surface area contributed by atoms with E-state index in [1.165, 1.54) is 61.2 Å². The van der Waals surface area contributed by atoms with Gasteiger partial charge in [0.2, 0.25) is 0 Å². The van der Waals surface area contributed by atoms with Crippen LogP contribution in [0.2, 0.25) is 0 Å². The van der Waals surface area contributed by atoms with Crippen molar-refractivity contribution in [3.05, 3.63) is 29.8 Å². The summed E-state index contributed by atoms with van der Waals surface area (Å²) in [6, 6.07) is 8.99. The van der Waals surface area contributed by atoms with Crippen molar-refractivity contribution in [2.45, 2.75) is 70.2 Å². The van der Waals surface area contributed by atoms with Crippen molar-refractivity contribution in [3.8, 4) is 0 Å². The zero-order chi connectivity index (χ0) is 14.5. The van der Waals surface area contributed by atoms with Crippen LogP contribution in [0.1, 0.15) is 64.4 Å². The third kappa shape index (κ3) is 8.65. The van der Waals surface area contributed by atoms with E-state index in [0.717, 1.165) is 13.1 Å². The molecule has 0 unspecified atom stereocenters. The zero-order valence-corrected chi connectivity index (χ0v) is 14.1. The lowest BCUT2D eigenvalue weighted by Gasteiger charge is -2.06. The topological polar surface area (TPSA) is 12.0 Å². The fourth-order valence-electron chi connectivity index (χ4n) is 2.23. The minimum absolute atomic E-state index is 0.999. The van der Waals surface area contributed by atoms with Gasteiger partial charge in [-0.25, -0.2) is 0 Å². The van der Waals surface area contributed by atoms with Gasteiger partial charge in [-0.15, -0.1) is 11.8 Å². The molecule has 1 rings (SSSR count). The van der Waals surface area contributed by atoms with Gasteiger partial charge in [0.15, 0.2) is 0 Å². The second-order valence-electron chi connectivity index (χ2n) is 5.44. The number of unbranched alkanes of at least 4 members (excludes halogenated alkanes) is 5. The van der Waals surface area contributed by atoms with Gasteiger partial charge in [-0.3, -0.25) is 0 Å². The maximum atomic E-state index is 3.47. The van der Waals surface area contributed by atoms with Crippen LogP contribution in [-0.2, 0) is 6.54 Å². The lowest BCUT2D eigenvalue weighted by molar-refractivity contribution is 0.627. The first-order valence-corrected chi connectivity index (χ1v) is 9.27. The van der Waals surface area contributed by atoms with E-state index in [0.29, 0.717) is 0 Å². The predicted molar refractivity (Wildman–Crippen MR) is 92.5 cm³/mol. The van der Waals surface area contributed by atoms with Gasteiger partial charge in [-0.1, -0.05) is 58.1 Å². The molecule has 2 heteroatoms. The summed E-state index contributed by atoms with van der Waals surface area (Å²) in [5.41, 5.74) is 1.41. The zero-order valence-electron chi connectivity index (χ0n) is 13.3. The van der Waals surface area contributed by atoms with Gasteiger partial charge in [-0.2, -0.15) is 0 Å². The van der Waals surface area contributed by atoms with E-state index in [4.69, 9.17) is 0 Å². The molecule has 0 atom stereocenters. The Balaban J connectivity index is 2.14. The molecule has 20 heavy (non-hydrogen) atoms. The fraction of sp³-hybridized carbons (Fsp3) is 0.667. The second-order valence-corrected chi connectivity index (χ2v) is 6.61. The summed E-state index contributed by atoms with van der Waals surface area (Å²) in [7, 11) is 0. The maximum Gasteiger partial charge on any atom is 0.0205 e. The van der Waals surface area contributed by atoms with E-state index < -0.39 is 0 Å². The number of nitrogens with one attached hydrogen (secondary N) is 1. The summed E-state index contributed by atoms with van der Waals surface area (Å²) < 4.78 is 0. The molecule has 1 aromatic carbocycles. The molecule has 0 radical (unpaired) electrons. The quantitative estimate of drug-likeness (QED) is 0.395. The van der Waals surface area contributed by atoms with Gasteiger partial charge in [-0.05, 0) is 42.8 Å². The molecule has 1 nitrogen and oxygen atoms in total. The van der Waals surface area contributed by atoms with Crippen molar-refractivity contribution in [2.24, 2.45) is 0 Å². The van der Waals surface area contributed by atoms with E-state index in [2.05, 4.69) is 43.4 Å². The summed E-state index contributed by atoms with van der Waals surface area (Å²) in [6.45, 7) is 6.59. The van der Waals surface area contributed by atoms with E-state index >= 15 is 0 Å². The molecule has 0 amide bonds. The third-order valence-corrected chi connectivity index (χ3v) is 4.50. The van der Waals surface area contributed by atoms with Crippen LogP contribution < -0.4 is 5.32 Å². The molecule has 0 saturated carbocycles. The molecule has 114 valence electrons. The van der Waals surface area contributed by atoms with Gasteiger partial charge >= 0.3 is 0 Å². The SMILES string of the molecule is CCCCCCCCSc1cccc(CNCCC)c1. The Hall–Kier alpha value is -0.470. The van der Waals surface area contributed by atoms with E-state index in [1.54, 1.807) is 0 Å². The fourth-order valence-corrected chi connectivity index (χ4v) is 3.22. The standard InChI is InChI=1S/C18H31NS/c1-3-5-6-7-8-9-14-20-18-12-10-11-17(15-18)16-19-13-4-2/h10-12,15,19H,3-9,13-14,16H2,1-2H3. The summed E-state index contributed by atoms with van der Waals surface area (Å²) in [4.78, 5) is 1.43. The molecule has 0 aliphatic carbocycles. The molecule has 1 aromatic rings. The Bertz CT molecular complexity index is 338.